The lowest BCUT2D eigenvalue weighted by Crippen LogP contribution is -2.07. The molecule has 20 heavy (non-hydrogen) atoms. The lowest BCUT2D eigenvalue weighted by Gasteiger charge is -2.05. The van der Waals surface area contributed by atoms with Gasteiger partial charge in [-0.05, 0) is 18.4 Å². The van der Waals surface area contributed by atoms with Crippen LogP contribution in [0.1, 0.15) is 63.9 Å². The van der Waals surface area contributed by atoms with Crippen molar-refractivity contribution in [3.05, 3.63) is 35.9 Å². The Morgan fingerprint density at radius 1 is 0.950 bits per heavy atom. The van der Waals surface area contributed by atoms with Crippen LogP contribution in [0.15, 0.2) is 30.3 Å². The Balaban J connectivity index is 1.93. The lowest BCUT2D eigenvalue weighted by atomic mass is 10.1. The van der Waals surface area contributed by atoms with Gasteiger partial charge in [0.15, 0.2) is 0 Å². The first kappa shape index (κ1) is 16.7. The van der Waals surface area contributed by atoms with E-state index >= 15 is 0 Å². The summed E-state index contributed by atoms with van der Waals surface area (Å²) in [4.78, 5) is 11.6. The van der Waals surface area contributed by atoms with E-state index in [-0.39, 0.29) is 5.97 Å². The number of rotatable bonds is 11. The molecule has 1 rings (SSSR count). The van der Waals surface area contributed by atoms with E-state index in [0.29, 0.717) is 13.0 Å². The van der Waals surface area contributed by atoms with Crippen molar-refractivity contribution in [1.29, 1.82) is 0 Å². The van der Waals surface area contributed by atoms with Crippen LogP contribution in [0.2, 0.25) is 0 Å². The third-order valence-electron chi connectivity index (χ3n) is 3.47. The Morgan fingerprint density at radius 3 is 2.30 bits per heavy atom. The Labute approximate surface area is 123 Å². The van der Waals surface area contributed by atoms with Crippen molar-refractivity contribution < 1.29 is 9.53 Å². The molecule has 0 atom stereocenters. The van der Waals surface area contributed by atoms with Crippen molar-refractivity contribution in [2.24, 2.45) is 0 Å². The molecule has 1 aromatic carbocycles. The van der Waals surface area contributed by atoms with Crippen LogP contribution in [0.4, 0.5) is 0 Å². The number of aryl methyl sites for hydroxylation is 1. The predicted molar refractivity (Wildman–Crippen MR) is 83.7 cm³/mol. The van der Waals surface area contributed by atoms with Gasteiger partial charge in [-0.2, -0.15) is 0 Å². The lowest BCUT2D eigenvalue weighted by molar-refractivity contribution is -0.143. The molecule has 112 valence electrons. The van der Waals surface area contributed by atoms with Crippen molar-refractivity contribution >= 4 is 5.97 Å². The van der Waals surface area contributed by atoms with Crippen LogP contribution < -0.4 is 0 Å². The Bertz CT molecular complexity index is 346. The average molecular weight is 276 g/mol. The van der Waals surface area contributed by atoms with Crippen LogP contribution in [-0.2, 0) is 16.0 Å². The summed E-state index contributed by atoms with van der Waals surface area (Å²) in [7, 11) is 0. The molecule has 2 heteroatoms. The molecule has 0 spiro atoms. The number of carbonyl (C=O) groups is 1. The van der Waals surface area contributed by atoms with Crippen molar-refractivity contribution in [1.82, 2.24) is 0 Å². The molecule has 0 fully saturated rings. The van der Waals surface area contributed by atoms with Gasteiger partial charge >= 0.3 is 5.97 Å². The number of carbonyl (C=O) groups excluding carboxylic acids is 1. The fourth-order valence-electron chi connectivity index (χ4n) is 2.21. The molecule has 0 aliphatic carbocycles. The van der Waals surface area contributed by atoms with Crippen molar-refractivity contribution in [2.75, 3.05) is 6.61 Å². The second-order valence-electron chi connectivity index (χ2n) is 5.33. The van der Waals surface area contributed by atoms with Gasteiger partial charge < -0.3 is 4.74 Å². The first-order valence-electron chi connectivity index (χ1n) is 8.02. The van der Waals surface area contributed by atoms with E-state index < -0.39 is 0 Å². The third kappa shape index (κ3) is 8.73. The van der Waals surface area contributed by atoms with Crippen molar-refractivity contribution in [3.8, 4) is 0 Å². The van der Waals surface area contributed by atoms with E-state index in [1.54, 1.807) is 0 Å². The van der Waals surface area contributed by atoms with Crippen LogP contribution in [0, 0.1) is 0 Å². The molecule has 0 N–H and O–H groups in total. The molecule has 0 amide bonds. The molecule has 0 saturated carbocycles. The monoisotopic (exact) mass is 276 g/mol. The van der Waals surface area contributed by atoms with Crippen LogP contribution in [0.25, 0.3) is 0 Å². The fourth-order valence-corrected chi connectivity index (χ4v) is 2.21. The Kier molecular flexibility index (Phi) is 9.64. The van der Waals surface area contributed by atoms with Gasteiger partial charge in [-0.1, -0.05) is 75.8 Å². The summed E-state index contributed by atoms with van der Waals surface area (Å²) in [5.74, 6) is -0.0696. The first-order chi connectivity index (χ1) is 9.83. The van der Waals surface area contributed by atoms with Crippen LogP contribution in [0.5, 0.6) is 0 Å². The van der Waals surface area contributed by atoms with Gasteiger partial charge in [0, 0.05) is 6.42 Å². The number of ether oxygens (including phenoxy) is 1. The summed E-state index contributed by atoms with van der Waals surface area (Å²) in [5.41, 5.74) is 1.19. The van der Waals surface area contributed by atoms with Gasteiger partial charge in [-0.3, -0.25) is 4.79 Å². The standard InChI is InChI=1S/C18H28O2/c1-2-3-4-5-6-7-11-16-20-18(19)15-14-17-12-9-8-10-13-17/h8-10,12-13H,2-7,11,14-16H2,1H3. The topological polar surface area (TPSA) is 26.3 Å². The van der Waals surface area contributed by atoms with Gasteiger partial charge in [-0.15, -0.1) is 0 Å². The molecule has 1 aromatic rings. The highest BCUT2D eigenvalue weighted by molar-refractivity contribution is 5.69. The Morgan fingerprint density at radius 2 is 1.60 bits per heavy atom. The van der Waals surface area contributed by atoms with E-state index in [1.807, 2.05) is 30.3 Å². The highest BCUT2D eigenvalue weighted by Crippen LogP contribution is 2.07. The minimum Gasteiger partial charge on any atom is -0.466 e. The maximum absolute atomic E-state index is 11.6. The van der Waals surface area contributed by atoms with E-state index in [9.17, 15) is 4.79 Å². The highest BCUT2D eigenvalue weighted by Gasteiger charge is 2.03. The van der Waals surface area contributed by atoms with Gasteiger partial charge in [-0.25, -0.2) is 0 Å². The van der Waals surface area contributed by atoms with E-state index in [0.717, 1.165) is 12.8 Å². The number of hydrogen-bond donors (Lipinski definition) is 0. The maximum atomic E-state index is 11.6. The van der Waals surface area contributed by atoms with Gasteiger partial charge in [0.05, 0.1) is 6.61 Å². The molecular weight excluding hydrogens is 248 g/mol. The van der Waals surface area contributed by atoms with Crippen molar-refractivity contribution in [3.63, 3.8) is 0 Å². The maximum Gasteiger partial charge on any atom is 0.306 e. The molecule has 0 aliphatic rings. The smallest absolute Gasteiger partial charge is 0.306 e. The summed E-state index contributed by atoms with van der Waals surface area (Å²) in [5, 5.41) is 0. The molecule has 0 aromatic heterocycles. The van der Waals surface area contributed by atoms with E-state index in [4.69, 9.17) is 4.74 Å². The molecule has 0 bridgehead atoms. The van der Waals surface area contributed by atoms with Gasteiger partial charge in [0.25, 0.3) is 0 Å². The van der Waals surface area contributed by atoms with Crippen LogP contribution >= 0.6 is 0 Å². The molecule has 2 nitrogen and oxygen atoms in total. The summed E-state index contributed by atoms with van der Waals surface area (Å²) >= 11 is 0. The number of hydrogen-bond acceptors (Lipinski definition) is 2. The summed E-state index contributed by atoms with van der Waals surface area (Å²) in [6.07, 6.45) is 9.99. The molecule has 0 heterocycles. The molecule has 0 unspecified atom stereocenters. The summed E-state index contributed by atoms with van der Waals surface area (Å²) < 4.78 is 5.25. The number of esters is 1. The molecular formula is C18H28O2. The van der Waals surface area contributed by atoms with Crippen molar-refractivity contribution in [2.45, 2.75) is 64.7 Å². The van der Waals surface area contributed by atoms with Gasteiger partial charge in [0.2, 0.25) is 0 Å². The quantitative estimate of drug-likeness (QED) is 0.424. The SMILES string of the molecule is CCCCCCCCCOC(=O)CCc1ccccc1. The zero-order chi connectivity index (χ0) is 14.5. The fraction of sp³-hybridized carbons (Fsp3) is 0.611. The largest absolute Gasteiger partial charge is 0.466 e. The second-order valence-corrected chi connectivity index (χ2v) is 5.33. The molecule has 0 aliphatic heterocycles. The first-order valence-corrected chi connectivity index (χ1v) is 8.02. The highest BCUT2D eigenvalue weighted by atomic mass is 16.5. The third-order valence-corrected chi connectivity index (χ3v) is 3.47. The normalized spacial score (nSPS) is 10.4. The average Bonchev–Trinajstić information content (AvgIpc) is 2.49. The minimum atomic E-state index is -0.0696. The molecule has 0 radical (unpaired) electrons. The minimum absolute atomic E-state index is 0.0696. The zero-order valence-corrected chi connectivity index (χ0v) is 12.8. The van der Waals surface area contributed by atoms with E-state index in [2.05, 4.69) is 6.92 Å². The van der Waals surface area contributed by atoms with Crippen LogP contribution in [-0.4, -0.2) is 12.6 Å². The van der Waals surface area contributed by atoms with Crippen LogP contribution in [0.3, 0.4) is 0 Å². The summed E-state index contributed by atoms with van der Waals surface area (Å²) in [6, 6.07) is 10.1. The molecule has 0 saturated heterocycles. The second kappa shape index (κ2) is 11.5. The number of unbranched alkanes of at least 4 members (excludes halogenated alkanes) is 6. The Hall–Kier alpha value is -1.31. The van der Waals surface area contributed by atoms with E-state index in [1.165, 1.54) is 44.1 Å². The predicted octanol–water partition coefficient (Wildman–Crippen LogP) is 4.91. The van der Waals surface area contributed by atoms with Gasteiger partial charge in [0.1, 0.15) is 0 Å². The summed E-state index contributed by atoms with van der Waals surface area (Å²) in [6.45, 7) is 2.82. The number of benzene rings is 1. The zero-order valence-electron chi connectivity index (χ0n) is 12.8.